The lowest BCUT2D eigenvalue weighted by molar-refractivity contribution is 0.403. The Balaban J connectivity index is 0.000000212. The van der Waals surface area contributed by atoms with Crippen molar-refractivity contribution < 1.29 is 9.47 Å². The van der Waals surface area contributed by atoms with Gasteiger partial charge in [-0.3, -0.25) is 9.97 Å². The van der Waals surface area contributed by atoms with Crippen LogP contribution in [0.1, 0.15) is 22.3 Å². The van der Waals surface area contributed by atoms with Crippen molar-refractivity contribution in [1.82, 2.24) is 9.97 Å². The second-order valence-electron chi connectivity index (χ2n) is 7.26. The molecule has 0 saturated heterocycles. The van der Waals surface area contributed by atoms with Crippen LogP contribution in [0.3, 0.4) is 0 Å². The van der Waals surface area contributed by atoms with Gasteiger partial charge in [-0.05, 0) is 47.5 Å². The number of benzene rings is 2. The van der Waals surface area contributed by atoms with E-state index in [4.69, 9.17) is 32.7 Å². The van der Waals surface area contributed by atoms with Crippen molar-refractivity contribution in [2.75, 3.05) is 14.2 Å². The van der Waals surface area contributed by atoms with E-state index in [1.165, 1.54) is 7.11 Å². The highest BCUT2D eigenvalue weighted by Crippen LogP contribution is 2.21. The number of halogens is 2. The van der Waals surface area contributed by atoms with Crippen molar-refractivity contribution in [1.29, 1.82) is 0 Å². The largest absolute Gasteiger partial charge is 0.479 e. The Bertz CT molecular complexity index is 1400. The Labute approximate surface area is 231 Å². The molecule has 0 bridgehead atoms. The van der Waals surface area contributed by atoms with Crippen LogP contribution in [0.5, 0.6) is 0 Å². The predicted octanol–water partition coefficient (Wildman–Crippen LogP) is 6.32. The third-order valence-corrected chi connectivity index (χ3v) is 5.43. The molecule has 0 aliphatic rings. The average Bonchev–Trinajstić information content (AvgIpc) is 2.97. The zero-order valence-electron chi connectivity index (χ0n) is 20.6. The molecule has 0 atom stereocenters. The summed E-state index contributed by atoms with van der Waals surface area (Å²) in [6.45, 7) is 0. The number of hydrogen-bond donors (Lipinski definition) is 0. The highest BCUT2D eigenvalue weighted by atomic mass is 35.5. The second kappa shape index (κ2) is 15.7. The summed E-state index contributed by atoms with van der Waals surface area (Å²) < 4.78 is 10.4. The molecule has 0 saturated carbocycles. The van der Waals surface area contributed by atoms with Gasteiger partial charge in [0.25, 0.3) is 0 Å². The van der Waals surface area contributed by atoms with E-state index < -0.39 is 0 Å². The minimum absolute atomic E-state index is 0.406. The van der Waals surface area contributed by atoms with Crippen molar-refractivity contribution >= 4 is 47.4 Å². The smallest absolute Gasteiger partial charge is 0.240 e. The fraction of sp³-hybridized carbons (Fsp3) is 0.0714. The van der Waals surface area contributed by atoms with Crippen LogP contribution >= 0.6 is 23.2 Å². The number of pyridine rings is 2. The van der Waals surface area contributed by atoms with Crippen molar-refractivity contribution in [2.24, 2.45) is 20.4 Å². The van der Waals surface area contributed by atoms with Crippen LogP contribution < -0.4 is 0 Å². The van der Waals surface area contributed by atoms with Gasteiger partial charge in [-0.25, -0.2) is 0 Å². The monoisotopic (exact) mass is 546 g/mol. The molecule has 4 rings (SSSR count). The zero-order valence-corrected chi connectivity index (χ0v) is 22.2. The number of ether oxygens (including phenoxy) is 2. The van der Waals surface area contributed by atoms with Crippen LogP contribution in [-0.4, -0.2) is 48.4 Å². The molecule has 0 N–H and O–H groups in total. The molecule has 2 aromatic heterocycles. The maximum atomic E-state index is 5.92. The summed E-state index contributed by atoms with van der Waals surface area (Å²) in [7, 11) is 3.10. The molecule has 0 fully saturated rings. The van der Waals surface area contributed by atoms with Gasteiger partial charge >= 0.3 is 0 Å². The first-order chi connectivity index (χ1) is 18.6. The normalized spacial score (nSPS) is 11.8. The molecule has 8 nitrogen and oxygen atoms in total. The Morgan fingerprint density at radius 3 is 1.61 bits per heavy atom. The van der Waals surface area contributed by atoms with Crippen molar-refractivity contribution in [2.45, 2.75) is 0 Å². The van der Waals surface area contributed by atoms with Crippen LogP contribution in [0.2, 0.25) is 10.0 Å². The lowest BCUT2D eigenvalue weighted by Crippen LogP contribution is -2.02. The van der Waals surface area contributed by atoms with Crippen LogP contribution in [0.4, 0.5) is 0 Å². The van der Waals surface area contributed by atoms with Crippen LogP contribution in [0.25, 0.3) is 0 Å². The van der Waals surface area contributed by atoms with Crippen molar-refractivity contribution in [3.63, 3.8) is 0 Å². The highest BCUT2D eigenvalue weighted by Gasteiger charge is 2.02. The molecule has 2 heterocycles. The first-order valence-electron chi connectivity index (χ1n) is 11.2. The molecule has 10 heteroatoms. The molecule has 0 unspecified atom stereocenters. The first kappa shape index (κ1) is 28.2. The SMILES string of the molecule is CO/C(=N\N=C\c1ccc(Cl)c(Cl)c1)c1ccncc1.CO/C(=N\N=C\c1ccccc1)c1ccncc1. The van der Waals surface area contributed by atoms with Gasteiger partial charge in [-0.15, -0.1) is 10.2 Å². The molecule has 38 heavy (non-hydrogen) atoms. The summed E-state index contributed by atoms with van der Waals surface area (Å²) in [5.74, 6) is 0.869. The fourth-order valence-corrected chi connectivity index (χ4v) is 3.16. The van der Waals surface area contributed by atoms with E-state index in [1.807, 2.05) is 42.5 Å². The number of aromatic nitrogens is 2. The third-order valence-electron chi connectivity index (χ3n) is 4.70. The lowest BCUT2D eigenvalue weighted by Gasteiger charge is -2.01. The van der Waals surface area contributed by atoms with Gasteiger partial charge in [-0.1, -0.05) is 59.6 Å². The first-order valence-corrected chi connectivity index (χ1v) is 12.0. The second-order valence-corrected chi connectivity index (χ2v) is 8.08. The quantitative estimate of drug-likeness (QED) is 0.160. The summed E-state index contributed by atoms with van der Waals surface area (Å²) in [6.07, 6.45) is 9.94. The zero-order chi connectivity index (χ0) is 27.0. The average molecular weight is 547 g/mol. The molecule has 2 aromatic carbocycles. The van der Waals surface area contributed by atoms with Gasteiger partial charge in [0.15, 0.2) is 0 Å². The standard InChI is InChI=1S/C14H11Cl2N3O.C14H13N3O/c1-20-14(11-4-6-17-7-5-11)19-18-9-10-2-3-12(15)13(16)8-10;1-18-14(13-7-9-15-10-8-13)17-16-11-12-5-3-2-4-6-12/h2-9H,1H3;2-11H,1H3/b18-9+,19-14-;16-11+,17-14-. The molecule has 4 aromatic rings. The summed E-state index contributed by atoms with van der Waals surface area (Å²) in [6, 6.07) is 22.2. The minimum atomic E-state index is 0.406. The van der Waals surface area contributed by atoms with Crippen molar-refractivity contribution in [3.05, 3.63) is 130 Å². The Morgan fingerprint density at radius 1 is 0.632 bits per heavy atom. The van der Waals surface area contributed by atoms with E-state index in [9.17, 15) is 0 Å². The van der Waals surface area contributed by atoms with Gasteiger partial charge in [-0.2, -0.15) is 10.2 Å². The van der Waals surface area contributed by atoms with E-state index in [1.54, 1.807) is 74.7 Å². The van der Waals surface area contributed by atoms with E-state index >= 15 is 0 Å². The summed E-state index contributed by atoms with van der Waals surface area (Å²) in [5, 5.41) is 17.0. The maximum Gasteiger partial charge on any atom is 0.240 e. The number of hydrogen-bond acceptors (Lipinski definition) is 8. The van der Waals surface area contributed by atoms with Gasteiger partial charge in [0.2, 0.25) is 11.8 Å². The van der Waals surface area contributed by atoms with Crippen molar-refractivity contribution in [3.8, 4) is 0 Å². The molecular formula is C28H24Cl2N6O2. The fourth-order valence-electron chi connectivity index (χ4n) is 2.85. The Hall–Kier alpha value is -4.40. The highest BCUT2D eigenvalue weighted by molar-refractivity contribution is 6.42. The molecule has 0 spiro atoms. The summed E-state index contributed by atoms with van der Waals surface area (Å²) in [4.78, 5) is 7.87. The summed E-state index contributed by atoms with van der Waals surface area (Å²) in [5.41, 5.74) is 3.44. The molecule has 192 valence electrons. The van der Waals surface area contributed by atoms with E-state index in [0.29, 0.717) is 21.8 Å². The number of methoxy groups -OCH3 is 2. The van der Waals surface area contributed by atoms with E-state index in [-0.39, 0.29) is 0 Å². The van der Waals surface area contributed by atoms with Gasteiger partial charge in [0.05, 0.1) is 36.7 Å². The summed E-state index contributed by atoms with van der Waals surface area (Å²) >= 11 is 11.8. The van der Waals surface area contributed by atoms with Crippen LogP contribution in [0, 0.1) is 0 Å². The van der Waals surface area contributed by atoms with Crippen LogP contribution in [-0.2, 0) is 9.47 Å². The van der Waals surface area contributed by atoms with E-state index in [0.717, 1.165) is 22.3 Å². The molecule has 0 amide bonds. The van der Waals surface area contributed by atoms with Crippen LogP contribution in [0.15, 0.2) is 118 Å². The number of nitrogens with zero attached hydrogens (tertiary/aromatic N) is 6. The van der Waals surface area contributed by atoms with E-state index in [2.05, 4.69) is 30.4 Å². The minimum Gasteiger partial charge on any atom is -0.479 e. The topological polar surface area (TPSA) is 93.7 Å². The lowest BCUT2D eigenvalue weighted by atomic mass is 10.2. The molecular weight excluding hydrogens is 523 g/mol. The number of rotatable bonds is 6. The van der Waals surface area contributed by atoms with Gasteiger partial charge in [0, 0.05) is 35.9 Å². The predicted molar refractivity (Wildman–Crippen MR) is 154 cm³/mol. The Kier molecular flexibility index (Phi) is 11.6. The molecule has 0 aliphatic heterocycles. The van der Waals surface area contributed by atoms with Gasteiger partial charge < -0.3 is 9.47 Å². The van der Waals surface area contributed by atoms with Gasteiger partial charge in [0.1, 0.15) is 0 Å². The maximum absolute atomic E-state index is 5.92. The third kappa shape index (κ3) is 9.24. The molecule has 0 aliphatic carbocycles. The molecule has 0 radical (unpaired) electrons. The Morgan fingerprint density at radius 2 is 1.13 bits per heavy atom.